The van der Waals surface area contributed by atoms with E-state index in [1.54, 1.807) is 0 Å². The van der Waals surface area contributed by atoms with Crippen molar-refractivity contribution in [3.8, 4) is 22.8 Å². The molecule has 0 radical (unpaired) electrons. The second-order valence-corrected chi connectivity index (χ2v) is 10.2. The van der Waals surface area contributed by atoms with Crippen molar-refractivity contribution >= 4 is 23.2 Å². The van der Waals surface area contributed by atoms with E-state index in [1.807, 2.05) is 37.3 Å². The van der Waals surface area contributed by atoms with Crippen molar-refractivity contribution < 1.29 is 22.7 Å². The predicted molar refractivity (Wildman–Crippen MR) is 160 cm³/mol. The average molecular weight is 596 g/mol. The number of aromatic nitrogens is 3. The molecule has 0 fully saturated rings. The van der Waals surface area contributed by atoms with Gasteiger partial charge in [0.15, 0.2) is 5.82 Å². The third kappa shape index (κ3) is 8.87. The first-order valence-corrected chi connectivity index (χ1v) is 14.1. The number of amides is 2. The van der Waals surface area contributed by atoms with E-state index in [0.29, 0.717) is 23.0 Å². The highest BCUT2D eigenvalue weighted by molar-refractivity contribution is 7.80. The molecule has 3 aromatic carbocycles. The van der Waals surface area contributed by atoms with Gasteiger partial charge in [-0.25, -0.2) is 14.5 Å². The molecule has 0 aliphatic carbocycles. The Balaban J connectivity index is 1.20. The molecule has 4 aromatic rings. The highest BCUT2D eigenvalue weighted by Crippen LogP contribution is 2.24. The number of hydrogen-bond donors (Lipinski definition) is 2. The summed E-state index contributed by atoms with van der Waals surface area (Å²) < 4.78 is 42.5. The number of nitrogens with zero attached hydrogens (tertiary/aromatic N) is 3. The lowest BCUT2D eigenvalue weighted by Gasteiger charge is -2.13. The number of ether oxygens (including phenoxy) is 1. The van der Waals surface area contributed by atoms with Crippen LogP contribution in [0.2, 0.25) is 0 Å². The molecule has 0 bridgehead atoms. The Hall–Kier alpha value is -4.25. The second-order valence-electron chi connectivity index (χ2n) is 9.83. The first-order chi connectivity index (χ1) is 20.1. The number of nitrogens with one attached hydrogen (secondary N) is 2. The van der Waals surface area contributed by atoms with E-state index in [0.717, 1.165) is 59.9 Å². The van der Waals surface area contributed by atoms with Crippen LogP contribution < -0.4 is 15.4 Å². The molecule has 0 saturated heterocycles. The van der Waals surface area contributed by atoms with E-state index in [-0.39, 0.29) is 11.8 Å². The van der Waals surface area contributed by atoms with Crippen LogP contribution in [0.25, 0.3) is 17.1 Å². The van der Waals surface area contributed by atoms with Gasteiger partial charge in [-0.05, 0) is 74.1 Å². The molecule has 2 N–H and O–H groups in total. The lowest BCUT2D eigenvalue weighted by molar-refractivity contribution is -0.274. The molecular formula is C31H32F3N5O2S. The van der Waals surface area contributed by atoms with Gasteiger partial charge in [0.2, 0.25) is 0 Å². The van der Waals surface area contributed by atoms with Gasteiger partial charge in [-0.2, -0.15) is 0 Å². The van der Waals surface area contributed by atoms with Crippen molar-refractivity contribution in [1.82, 2.24) is 25.4 Å². The molecule has 0 atom stereocenters. The number of aryl methyl sites for hydroxylation is 3. The summed E-state index contributed by atoms with van der Waals surface area (Å²) in [6.07, 6.45) is 1.22. The van der Waals surface area contributed by atoms with Gasteiger partial charge in [-0.3, -0.25) is 5.32 Å². The highest BCUT2D eigenvalue weighted by Gasteiger charge is 2.31. The molecule has 0 aliphatic rings. The molecule has 0 spiro atoms. The normalized spacial score (nSPS) is 11.3. The number of thiocarbonyl (C=S) groups is 1. The number of unbranched alkanes of at least 4 members (excludes halogenated alkanes) is 1. The number of carbonyl (C=O) groups is 1. The summed E-state index contributed by atoms with van der Waals surface area (Å²) >= 11 is 5.50. The van der Waals surface area contributed by atoms with E-state index < -0.39 is 6.36 Å². The van der Waals surface area contributed by atoms with Gasteiger partial charge in [0.1, 0.15) is 17.1 Å². The Labute approximate surface area is 248 Å². The van der Waals surface area contributed by atoms with Gasteiger partial charge in [0.05, 0.1) is 5.69 Å². The number of carbonyl (C=O) groups excluding carboxylic acids is 1. The van der Waals surface area contributed by atoms with Crippen LogP contribution in [0.5, 0.6) is 5.75 Å². The van der Waals surface area contributed by atoms with E-state index in [1.165, 1.54) is 35.3 Å². The maximum Gasteiger partial charge on any atom is 0.573 e. The summed E-state index contributed by atoms with van der Waals surface area (Å²) in [6.45, 7) is 4.65. The zero-order valence-electron chi connectivity index (χ0n) is 23.4. The Morgan fingerprint density at radius 2 is 1.74 bits per heavy atom. The van der Waals surface area contributed by atoms with Crippen molar-refractivity contribution in [2.75, 3.05) is 6.54 Å². The van der Waals surface area contributed by atoms with Crippen molar-refractivity contribution in [2.45, 2.75) is 52.3 Å². The Morgan fingerprint density at radius 3 is 2.43 bits per heavy atom. The zero-order valence-corrected chi connectivity index (χ0v) is 24.2. The van der Waals surface area contributed by atoms with Gasteiger partial charge in [0, 0.05) is 17.7 Å². The SMILES string of the molecule is CCCc1ccc(C)cc1C(=S)NC(=O)NCCCCc1ccc(-c2ncn(-c3ccc(OC(F)(F)F)cc3)n2)cc1. The maximum atomic E-state index is 12.4. The van der Waals surface area contributed by atoms with Crippen LogP contribution in [-0.2, 0) is 12.8 Å². The number of alkyl halides is 3. The summed E-state index contributed by atoms with van der Waals surface area (Å²) in [5, 5.41) is 10.1. The fourth-order valence-corrected chi connectivity index (χ4v) is 4.68. The molecule has 0 saturated carbocycles. The van der Waals surface area contributed by atoms with Gasteiger partial charge >= 0.3 is 12.4 Å². The maximum absolute atomic E-state index is 12.4. The third-order valence-corrected chi connectivity index (χ3v) is 6.79. The molecule has 2 amide bonds. The average Bonchev–Trinajstić information content (AvgIpc) is 3.44. The summed E-state index contributed by atoms with van der Waals surface area (Å²) in [5.74, 6) is 0.196. The minimum Gasteiger partial charge on any atom is -0.406 e. The molecule has 7 nitrogen and oxygen atoms in total. The topological polar surface area (TPSA) is 81.1 Å². The molecule has 42 heavy (non-hydrogen) atoms. The van der Waals surface area contributed by atoms with Crippen LogP contribution in [0, 0.1) is 6.92 Å². The first kappa shape index (κ1) is 30.7. The smallest absolute Gasteiger partial charge is 0.406 e. The first-order valence-electron chi connectivity index (χ1n) is 13.7. The molecule has 1 heterocycles. The van der Waals surface area contributed by atoms with E-state index in [2.05, 4.69) is 44.5 Å². The number of rotatable bonds is 11. The number of urea groups is 1. The Morgan fingerprint density at radius 1 is 1.00 bits per heavy atom. The molecule has 220 valence electrons. The van der Waals surface area contributed by atoms with E-state index >= 15 is 0 Å². The molecular weight excluding hydrogens is 563 g/mol. The third-order valence-electron chi connectivity index (χ3n) is 6.47. The minimum absolute atomic E-state index is 0.300. The molecule has 11 heteroatoms. The summed E-state index contributed by atoms with van der Waals surface area (Å²) in [7, 11) is 0. The van der Waals surface area contributed by atoms with Crippen LogP contribution in [0.4, 0.5) is 18.0 Å². The van der Waals surface area contributed by atoms with Crippen LogP contribution in [0.1, 0.15) is 48.4 Å². The van der Waals surface area contributed by atoms with Gasteiger partial charge in [-0.1, -0.05) is 67.5 Å². The van der Waals surface area contributed by atoms with Crippen LogP contribution in [-0.4, -0.2) is 38.7 Å². The molecule has 1 aromatic heterocycles. The minimum atomic E-state index is -4.74. The number of halogens is 3. The van der Waals surface area contributed by atoms with Crippen molar-refractivity contribution in [1.29, 1.82) is 0 Å². The van der Waals surface area contributed by atoms with Crippen LogP contribution >= 0.6 is 12.2 Å². The van der Waals surface area contributed by atoms with Crippen LogP contribution in [0.3, 0.4) is 0 Å². The molecule has 4 rings (SSSR count). The van der Waals surface area contributed by atoms with Crippen molar-refractivity contribution in [2.24, 2.45) is 0 Å². The fraction of sp³-hybridized carbons (Fsp3) is 0.290. The largest absolute Gasteiger partial charge is 0.573 e. The zero-order chi connectivity index (χ0) is 30.1. The lowest BCUT2D eigenvalue weighted by Crippen LogP contribution is -2.39. The quantitative estimate of drug-likeness (QED) is 0.143. The van der Waals surface area contributed by atoms with Crippen molar-refractivity contribution in [3.63, 3.8) is 0 Å². The molecule has 0 aliphatic heterocycles. The Bertz CT molecular complexity index is 1500. The predicted octanol–water partition coefficient (Wildman–Crippen LogP) is 7.09. The van der Waals surface area contributed by atoms with E-state index in [9.17, 15) is 18.0 Å². The van der Waals surface area contributed by atoms with Gasteiger partial charge in [-0.15, -0.1) is 18.3 Å². The molecule has 0 unspecified atom stereocenters. The standard InChI is InChI=1S/C31H32F3N5O2S/c1-3-6-23-11-8-21(2)19-27(23)29(42)37-30(40)35-18-5-4-7-22-9-12-24(13-10-22)28-36-20-39(38-28)25-14-16-26(17-15-25)41-31(32,33)34/h8-17,19-20H,3-7,18H2,1-2H3,(H2,35,37,40,42). The lowest BCUT2D eigenvalue weighted by atomic mass is 10.0. The number of benzene rings is 3. The van der Waals surface area contributed by atoms with Gasteiger partial charge < -0.3 is 10.1 Å². The second kappa shape index (κ2) is 14.1. The monoisotopic (exact) mass is 595 g/mol. The summed E-state index contributed by atoms with van der Waals surface area (Å²) in [5.41, 5.74) is 5.66. The van der Waals surface area contributed by atoms with Crippen LogP contribution in [0.15, 0.2) is 73.1 Å². The van der Waals surface area contributed by atoms with E-state index in [4.69, 9.17) is 12.2 Å². The number of hydrogen-bond acceptors (Lipinski definition) is 5. The van der Waals surface area contributed by atoms with Gasteiger partial charge in [0.25, 0.3) is 0 Å². The highest BCUT2D eigenvalue weighted by atomic mass is 32.1. The summed E-state index contributed by atoms with van der Waals surface area (Å²) in [4.78, 5) is 17.1. The van der Waals surface area contributed by atoms with Crippen molar-refractivity contribution in [3.05, 3.63) is 95.3 Å². The Kier molecular flexibility index (Phi) is 10.3. The summed E-state index contributed by atoms with van der Waals surface area (Å²) in [6, 6.07) is 19.1. The fourth-order valence-electron chi connectivity index (χ4n) is 4.40.